The Kier molecular flexibility index (Phi) is 11.5. The SMILES string of the molecule is COc1ccc(NC(=O)CSc2ccc(NC(=O)/C(=C/c3cc(OC)c(OC)cc3OC)NC(=O)c3ccccc3)cc2)cc1. The van der Waals surface area contributed by atoms with Crippen molar-refractivity contribution in [2.45, 2.75) is 4.90 Å². The van der Waals surface area contributed by atoms with Gasteiger partial charge in [0.2, 0.25) is 5.91 Å². The first-order valence-corrected chi connectivity index (χ1v) is 14.7. The average molecular weight is 628 g/mol. The van der Waals surface area contributed by atoms with E-state index in [0.717, 1.165) is 4.90 Å². The zero-order valence-corrected chi connectivity index (χ0v) is 26.0. The van der Waals surface area contributed by atoms with Gasteiger partial charge in [0, 0.05) is 33.5 Å². The Morgan fingerprint density at radius 2 is 1.29 bits per heavy atom. The van der Waals surface area contributed by atoms with Gasteiger partial charge in [-0.3, -0.25) is 14.4 Å². The minimum atomic E-state index is -0.560. The number of ether oxygens (including phenoxy) is 4. The van der Waals surface area contributed by atoms with Crippen LogP contribution in [0.3, 0.4) is 0 Å². The molecule has 0 aliphatic carbocycles. The number of thioether (sulfide) groups is 1. The van der Waals surface area contributed by atoms with Gasteiger partial charge in [0.1, 0.15) is 17.2 Å². The summed E-state index contributed by atoms with van der Waals surface area (Å²) in [5.74, 6) is 0.999. The lowest BCUT2D eigenvalue weighted by molar-refractivity contribution is -0.114. The second-order valence-corrected chi connectivity index (χ2v) is 10.4. The highest BCUT2D eigenvalue weighted by atomic mass is 32.2. The van der Waals surface area contributed by atoms with Crippen LogP contribution < -0.4 is 34.9 Å². The zero-order valence-electron chi connectivity index (χ0n) is 25.2. The van der Waals surface area contributed by atoms with Crippen molar-refractivity contribution in [1.82, 2.24) is 5.32 Å². The summed E-state index contributed by atoms with van der Waals surface area (Å²) in [4.78, 5) is 39.8. The fourth-order valence-corrected chi connectivity index (χ4v) is 4.82. The van der Waals surface area contributed by atoms with Crippen LogP contribution in [0.25, 0.3) is 6.08 Å². The van der Waals surface area contributed by atoms with Gasteiger partial charge in [-0.25, -0.2) is 0 Å². The Balaban J connectivity index is 1.48. The second kappa shape index (κ2) is 15.9. The van der Waals surface area contributed by atoms with E-state index in [2.05, 4.69) is 16.0 Å². The molecule has 3 N–H and O–H groups in total. The Labute approximate surface area is 265 Å². The molecule has 0 aliphatic rings. The van der Waals surface area contributed by atoms with Crippen molar-refractivity contribution in [3.63, 3.8) is 0 Å². The van der Waals surface area contributed by atoms with Gasteiger partial charge in [-0.05, 0) is 72.8 Å². The average Bonchev–Trinajstić information content (AvgIpc) is 3.08. The summed E-state index contributed by atoms with van der Waals surface area (Å²) in [5, 5.41) is 8.39. The molecular weight excluding hydrogens is 594 g/mol. The maximum Gasteiger partial charge on any atom is 0.272 e. The van der Waals surface area contributed by atoms with Gasteiger partial charge in [-0.15, -0.1) is 11.8 Å². The molecule has 232 valence electrons. The molecule has 0 saturated heterocycles. The molecule has 0 fully saturated rings. The van der Waals surface area contributed by atoms with Gasteiger partial charge >= 0.3 is 0 Å². The molecule has 0 unspecified atom stereocenters. The van der Waals surface area contributed by atoms with E-state index in [-0.39, 0.29) is 17.4 Å². The highest BCUT2D eigenvalue weighted by Crippen LogP contribution is 2.35. The maximum absolute atomic E-state index is 13.5. The van der Waals surface area contributed by atoms with Crippen LogP contribution in [0.5, 0.6) is 23.0 Å². The highest BCUT2D eigenvalue weighted by Gasteiger charge is 2.18. The summed E-state index contributed by atoms with van der Waals surface area (Å²) in [6.45, 7) is 0. The Morgan fingerprint density at radius 1 is 0.689 bits per heavy atom. The van der Waals surface area contributed by atoms with E-state index >= 15 is 0 Å². The number of carbonyl (C=O) groups is 3. The van der Waals surface area contributed by atoms with Crippen LogP contribution in [0.1, 0.15) is 15.9 Å². The Hall–Kier alpha value is -5.42. The Morgan fingerprint density at radius 3 is 1.91 bits per heavy atom. The number of nitrogens with one attached hydrogen (secondary N) is 3. The molecule has 4 rings (SSSR count). The van der Waals surface area contributed by atoms with Gasteiger partial charge < -0.3 is 34.9 Å². The third kappa shape index (κ3) is 9.04. The van der Waals surface area contributed by atoms with Crippen LogP contribution in [0, 0.1) is 0 Å². The van der Waals surface area contributed by atoms with Gasteiger partial charge in [-0.1, -0.05) is 18.2 Å². The molecule has 0 atom stereocenters. The van der Waals surface area contributed by atoms with Gasteiger partial charge in [0.15, 0.2) is 11.5 Å². The van der Waals surface area contributed by atoms with Crippen molar-refractivity contribution < 1.29 is 33.3 Å². The summed E-state index contributed by atoms with van der Waals surface area (Å²) >= 11 is 1.35. The first-order chi connectivity index (χ1) is 21.8. The smallest absolute Gasteiger partial charge is 0.272 e. The summed E-state index contributed by atoms with van der Waals surface area (Å²) < 4.78 is 21.4. The molecule has 0 saturated carbocycles. The third-order valence-electron chi connectivity index (χ3n) is 6.42. The lowest BCUT2D eigenvalue weighted by atomic mass is 10.1. The number of rotatable bonds is 13. The van der Waals surface area contributed by atoms with Gasteiger partial charge in [0.05, 0.1) is 34.2 Å². The quantitative estimate of drug-likeness (QED) is 0.124. The largest absolute Gasteiger partial charge is 0.497 e. The maximum atomic E-state index is 13.5. The van der Waals surface area contributed by atoms with Crippen LogP contribution in [-0.4, -0.2) is 51.9 Å². The van der Waals surface area contributed by atoms with E-state index in [1.54, 1.807) is 98.1 Å². The van der Waals surface area contributed by atoms with Crippen LogP contribution >= 0.6 is 11.8 Å². The monoisotopic (exact) mass is 627 g/mol. The lowest BCUT2D eigenvalue weighted by Crippen LogP contribution is -2.30. The van der Waals surface area contributed by atoms with Crippen LogP contribution in [0.4, 0.5) is 11.4 Å². The van der Waals surface area contributed by atoms with Crippen molar-refractivity contribution in [1.29, 1.82) is 0 Å². The molecule has 0 heterocycles. The molecule has 4 aromatic rings. The molecule has 0 radical (unpaired) electrons. The van der Waals surface area contributed by atoms with Crippen molar-refractivity contribution in [3.05, 3.63) is 108 Å². The zero-order chi connectivity index (χ0) is 32.2. The third-order valence-corrected chi connectivity index (χ3v) is 7.43. The number of anilines is 2. The van der Waals surface area contributed by atoms with E-state index < -0.39 is 11.8 Å². The van der Waals surface area contributed by atoms with Crippen LogP contribution in [-0.2, 0) is 9.59 Å². The minimum absolute atomic E-state index is 0.0250. The van der Waals surface area contributed by atoms with Crippen molar-refractivity contribution in [3.8, 4) is 23.0 Å². The molecule has 11 heteroatoms. The summed E-state index contributed by atoms with van der Waals surface area (Å²) in [6, 6.07) is 25.9. The number of amides is 3. The van der Waals surface area contributed by atoms with Gasteiger partial charge in [-0.2, -0.15) is 0 Å². The molecule has 0 aromatic heterocycles. The molecule has 45 heavy (non-hydrogen) atoms. The number of carbonyl (C=O) groups excluding carboxylic acids is 3. The number of benzene rings is 4. The number of methoxy groups -OCH3 is 4. The number of hydrogen-bond donors (Lipinski definition) is 3. The van der Waals surface area contributed by atoms with Crippen molar-refractivity contribution in [2.24, 2.45) is 0 Å². The normalized spacial score (nSPS) is 10.8. The predicted molar refractivity (Wildman–Crippen MR) is 175 cm³/mol. The Bertz CT molecular complexity index is 1660. The highest BCUT2D eigenvalue weighted by molar-refractivity contribution is 8.00. The van der Waals surface area contributed by atoms with Crippen molar-refractivity contribution in [2.75, 3.05) is 44.8 Å². The van der Waals surface area contributed by atoms with E-state index in [0.29, 0.717) is 45.5 Å². The van der Waals surface area contributed by atoms with Gasteiger partial charge in [0.25, 0.3) is 11.8 Å². The van der Waals surface area contributed by atoms with Crippen LogP contribution in [0.15, 0.2) is 102 Å². The fraction of sp³-hybridized carbons (Fsp3) is 0.147. The molecule has 0 bridgehead atoms. The molecule has 4 aromatic carbocycles. The molecular formula is C34H33N3O7S. The lowest BCUT2D eigenvalue weighted by Gasteiger charge is -2.15. The summed E-state index contributed by atoms with van der Waals surface area (Å²) in [7, 11) is 6.08. The summed E-state index contributed by atoms with van der Waals surface area (Å²) in [5.41, 5.74) is 2.00. The van der Waals surface area contributed by atoms with E-state index in [1.807, 2.05) is 0 Å². The molecule has 0 spiro atoms. The fourth-order valence-electron chi connectivity index (χ4n) is 4.12. The van der Waals surface area contributed by atoms with E-state index in [4.69, 9.17) is 18.9 Å². The van der Waals surface area contributed by atoms with E-state index in [9.17, 15) is 14.4 Å². The summed E-state index contributed by atoms with van der Waals surface area (Å²) in [6.07, 6.45) is 1.50. The standard InChI is InChI=1S/C34H33N3O7S/c1-41-26-14-10-24(11-15-26)35-32(38)21-45-27-16-12-25(13-17-27)36-34(40)28(37-33(39)22-8-6-5-7-9-22)18-23-19-30(43-3)31(44-4)20-29(23)42-2/h5-20H,21H2,1-4H3,(H,35,38)(H,36,40)(H,37,39)/b28-18-. The van der Waals surface area contributed by atoms with Crippen molar-refractivity contribution >= 4 is 46.9 Å². The number of hydrogen-bond acceptors (Lipinski definition) is 8. The topological polar surface area (TPSA) is 124 Å². The molecule has 10 nitrogen and oxygen atoms in total. The second-order valence-electron chi connectivity index (χ2n) is 9.37. The molecule has 0 aliphatic heterocycles. The predicted octanol–water partition coefficient (Wildman–Crippen LogP) is 5.86. The first kappa shape index (κ1) is 32.5. The minimum Gasteiger partial charge on any atom is -0.497 e. The first-order valence-electron chi connectivity index (χ1n) is 13.7. The molecule has 3 amide bonds. The van der Waals surface area contributed by atoms with E-state index in [1.165, 1.54) is 39.2 Å². The van der Waals surface area contributed by atoms with Crippen LogP contribution in [0.2, 0.25) is 0 Å².